The van der Waals surface area contributed by atoms with E-state index in [9.17, 15) is 9.59 Å². The lowest BCUT2D eigenvalue weighted by atomic mass is 10.1. The largest absolute Gasteiger partial charge is 0.467 e. The van der Waals surface area contributed by atoms with Gasteiger partial charge in [0, 0.05) is 30.7 Å². The number of methoxy groups -OCH3 is 1. The second-order valence-corrected chi connectivity index (χ2v) is 5.35. The van der Waals surface area contributed by atoms with Crippen LogP contribution in [0.5, 0.6) is 0 Å². The van der Waals surface area contributed by atoms with Crippen molar-refractivity contribution in [3.8, 4) is 0 Å². The number of amides is 1. The zero-order valence-corrected chi connectivity index (χ0v) is 12.2. The number of aromatic nitrogens is 1. The summed E-state index contributed by atoms with van der Waals surface area (Å²) in [6, 6.07) is 7.33. The molecule has 0 saturated carbocycles. The minimum atomic E-state index is -0.457. The van der Waals surface area contributed by atoms with E-state index < -0.39 is 6.04 Å². The molecule has 1 unspecified atom stereocenters. The predicted molar refractivity (Wildman–Crippen MR) is 79.0 cm³/mol. The fourth-order valence-electron chi connectivity index (χ4n) is 3.06. The summed E-state index contributed by atoms with van der Waals surface area (Å²) in [5.74, 6) is -0.430. The van der Waals surface area contributed by atoms with Crippen LogP contribution in [0.2, 0.25) is 0 Å². The maximum atomic E-state index is 12.8. The fourth-order valence-corrected chi connectivity index (χ4v) is 3.06. The molecule has 1 aliphatic rings. The Kier molecular flexibility index (Phi) is 3.41. The van der Waals surface area contributed by atoms with E-state index in [0.717, 1.165) is 17.3 Å². The average molecular weight is 286 g/mol. The summed E-state index contributed by atoms with van der Waals surface area (Å²) in [5, 5.41) is 0.917. The number of likely N-dealkylation sites (tertiary alicyclic amines) is 1. The number of benzene rings is 1. The molecule has 1 atom stereocenters. The van der Waals surface area contributed by atoms with E-state index in [1.54, 1.807) is 4.90 Å². The van der Waals surface area contributed by atoms with Crippen molar-refractivity contribution in [1.82, 2.24) is 9.47 Å². The molecule has 1 aromatic heterocycles. The van der Waals surface area contributed by atoms with Gasteiger partial charge in [0.1, 0.15) is 6.04 Å². The maximum absolute atomic E-state index is 12.8. The first-order valence-corrected chi connectivity index (χ1v) is 7.06. The van der Waals surface area contributed by atoms with Crippen molar-refractivity contribution in [2.24, 2.45) is 7.05 Å². The topological polar surface area (TPSA) is 51.5 Å². The Balaban J connectivity index is 1.99. The molecule has 0 N–H and O–H groups in total. The van der Waals surface area contributed by atoms with Crippen LogP contribution in [0.25, 0.3) is 10.9 Å². The number of hydrogen-bond donors (Lipinski definition) is 0. The minimum Gasteiger partial charge on any atom is -0.467 e. The molecule has 2 aromatic rings. The van der Waals surface area contributed by atoms with Gasteiger partial charge >= 0.3 is 5.97 Å². The number of aryl methyl sites for hydroxylation is 1. The van der Waals surface area contributed by atoms with Crippen molar-refractivity contribution < 1.29 is 14.3 Å². The molecule has 0 spiro atoms. The van der Waals surface area contributed by atoms with E-state index in [1.165, 1.54) is 7.11 Å². The van der Waals surface area contributed by atoms with Crippen molar-refractivity contribution in [3.05, 3.63) is 36.0 Å². The standard InChI is InChI=1S/C16H18N2O3/c1-17-10-12(11-6-3-4-7-13(11)17)15(19)18-9-5-8-14(18)16(20)21-2/h3-4,6-7,10,14H,5,8-9H2,1-2H3. The van der Waals surface area contributed by atoms with Gasteiger partial charge in [-0.25, -0.2) is 4.79 Å². The van der Waals surface area contributed by atoms with Gasteiger partial charge in [0.2, 0.25) is 0 Å². The molecule has 1 aromatic carbocycles. The molecule has 1 amide bonds. The van der Waals surface area contributed by atoms with Crippen LogP contribution in [-0.2, 0) is 16.6 Å². The highest BCUT2D eigenvalue weighted by molar-refractivity contribution is 6.08. The van der Waals surface area contributed by atoms with Crippen LogP contribution in [0.1, 0.15) is 23.2 Å². The number of rotatable bonds is 2. The second kappa shape index (κ2) is 5.24. The molecule has 1 fully saturated rings. The summed E-state index contributed by atoms with van der Waals surface area (Å²) in [4.78, 5) is 26.3. The molecule has 1 saturated heterocycles. The second-order valence-electron chi connectivity index (χ2n) is 5.35. The van der Waals surface area contributed by atoms with Gasteiger partial charge in [-0.1, -0.05) is 18.2 Å². The monoisotopic (exact) mass is 286 g/mol. The van der Waals surface area contributed by atoms with Gasteiger partial charge in [0.05, 0.1) is 12.7 Å². The summed E-state index contributed by atoms with van der Waals surface area (Å²) < 4.78 is 6.74. The smallest absolute Gasteiger partial charge is 0.328 e. The molecular weight excluding hydrogens is 268 g/mol. The van der Waals surface area contributed by atoms with Crippen molar-refractivity contribution >= 4 is 22.8 Å². The van der Waals surface area contributed by atoms with Gasteiger partial charge in [-0.3, -0.25) is 4.79 Å². The van der Waals surface area contributed by atoms with Crippen LogP contribution >= 0.6 is 0 Å². The summed E-state index contributed by atoms with van der Waals surface area (Å²) >= 11 is 0. The molecule has 110 valence electrons. The van der Waals surface area contributed by atoms with Gasteiger partial charge in [0.15, 0.2) is 0 Å². The Morgan fingerprint density at radius 1 is 1.29 bits per heavy atom. The minimum absolute atomic E-state index is 0.0975. The van der Waals surface area contributed by atoms with Crippen LogP contribution < -0.4 is 0 Å². The highest BCUT2D eigenvalue weighted by atomic mass is 16.5. The van der Waals surface area contributed by atoms with Crippen molar-refractivity contribution in [2.45, 2.75) is 18.9 Å². The fraction of sp³-hybridized carbons (Fsp3) is 0.375. The predicted octanol–water partition coefficient (Wildman–Crippen LogP) is 1.96. The number of fused-ring (bicyclic) bond motifs is 1. The maximum Gasteiger partial charge on any atom is 0.328 e. The third kappa shape index (κ3) is 2.18. The lowest BCUT2D eigenvalue weighted by Crippen LogP contribution is -2.41. The zero-order valence-electron chi connectivity index (χ0n) is 12.2. The number of carbonyl (C=O) groups excluding carboxylic acids is 2. The van der Waals surface area contributed by atoms with E-state index in [1.807, 2.05) is 42.1 Å². The summed E-state index contributed by atoms with van der Waals surface area (Å²) in [5.41, 5.74) is 1.65. The summed E-state index contributed by atoms with van der Waals surface area (Å²) in [6.07, 6.45) is 3.33. The number of para-hydroxylation sites is 1. The zero-order chi connectivity index (χ0) is 15.0. The lowest BCUT2D eigenvalue weighted by molar-refractivity contribution is -0.145. The van der Waals surface area contributed by atoms with Crippen molar-refractivity contribution in [3.63, 3.8) is 0 Å². The normalized spacial score (nSPS) is 18.2. The highest BCUT2D eigenvalue weighted by Gasteiger charge is 2.36. The van der Waals surface area contributed by atoms with Gasteiger partial charge < -0.3 is 14.2 Å². The molecule has 5 nitrogen and oxygen atoms in total. The Morgan fingerprint density at radius 3 is 2.81 bits per heavy atom. The SMILES string of the molecule is COC(=O)C1CCCN1C(=O)c1cn(C)c2ccccc12. The Bertz CT molecular complexity index is 705. The number of hydrogen-bond acceptors (Lipinski definition) is 3. The average Bonchev–Trinajstić information content (AvgIpc) is 3.11. The van der Waals surface area contributed by atoms with Crippen LogP contribution in [-0.4, -0.2) is 41.0 Å². The Hall–Kier alpha value is -2.30. The molecular formula is C16H18N2O3. The third-order valence-corrected chi connectivity index (χ3v) is 4.11. The lowest BCUT2D eigenvalue weighted by Gasteiger charge is -2.22. The van der Waals surface area contributed by atoms with Crippen molar-refractivity contribution in [1.29, 1.82) is 0 Å². The number of ether oxygens (including phenoxy) is 1. The van der Waals surface area contributed by atoms with E-state index in [0.29, 0.717) is 18.5 Å². The molecule has 0 radical (unpaired) electrons. The van der Waals surface area contributed by atoms with E-state index in [4.69, 9.17) is 4.74 Å². The highest BCUT2D eigenvalue weighted by Crippen LogP contribution is 2.26. The Labute approximate surface area is 123 Å². The van der Waals surface area contributed by atoms with E-state index >= 15 is 0 Å². The molecule has 0 aliphatic carbocycles. The van der Waals surface area contributed by atoms with Crippen LogP contribution in [0.3, 0.4) is 0 Å². The molecule has 1 aliphatic heterocycles. The first kappa shape index (κ1) is 13.7. The van der Waals surface area contributed by atoms with Crippen LogP contribution in [0.4, 0.5) is 0 Å². The number of esters is 1. The number of nitrogens with zero attached hydrogens (tertiary/aromatic N) is 2. The molecule has 0 bridgehead atoms. The summed E-state index contributed by atoms with van der Waals surface area (Å²) in [6.45, 7) is 0.599. The van der Waals surface area contributed by atoms with Gasteiger partial charge in [-0.2, -0.15) is 0 Å². The van der Waals surface area contributed by atoms with Gasteiger partial charge in [0.25, 0.3) is 5.91 Å². The molecule has 3 rings (SSSR count). The quantitative estimate of drug-likeness (QED) is 0.793. The number of carbonyl (C=O) groups is 2. The summed E-state index contributed by atoms with van der Waals surface area (Å²) in [7, 11) is 3.28. The molecule has 5 heteroatoms. The van der Waals surface area contributed by atoms with Gasteiger partial charge in [-0.05, 0) is 18.9 Å². The van der Waals surface area contributed by atoms with Crippen LogP contribution in [0.15, 0.2) is 30.5 Å². The third-order valence-electron chi connectivity index (χ3n) is 4.11. The van der Waals surface area contributed by atoms with E-state index in [-0.39, 0.29) is 11.9 Å². The Morgan fingerprint density at radius 2 is 2.05 bits per heavy atom. The van der Waals surface area contributed by atoms with Crippen molar-refractivity contribution in [2.75, 3.05) is 13.7 Å². The van der Waals surface area contributed by atoms with E-state index in [2.05, 4.69) is 0 Å². The van der Waals surface area contributed by atoms with Crippen LogP contribution in [0, 0.1) is 0 Å². The molecule has 21 heavy (non-hydrogen) atoms. The first-order chi connectivity index (χ1) is 10.1. The molecule has 2 heterocycles. The van der Waals surface area contributed by atoms with Gasteiger partial charge in [-0.15, -0.1) is 0 Å². The first-order valence-electron chi connectivity index (χ1n) is 7.06.